The van der Waals surface area contributed by atoms with Crippen molar-refractivity contribution >= 4 is 23.2 Å². The Morgan fingerprint density at radius 3 is 2.88 bits per heavy atom. The number of fused-ring (bicyclic) bond motifs is 5. The molecule has 1 spiro atoms. The number of halogens is 1. The van der Waals surface area contributed by atoms with Crippen LogP contribution in [0.15, 0.2) is 61.1 Å². The molecule has 0 unspecified atom stereocenters. The van der Waals surface area contributed by atoms with E-state index in [0.717, 1.165) is 24.2 Å². The molecule has 5 rings (SSSR count). The number of hydrogen-bond acceptors (Lipinski definition) is 2. The van der Waals surface area contributed by atoms with Crippen molar-refractivity contribution in [2.45, 2.75) is 18.4 Å². The number of carbonyl (C=O) groups excluding carboxylic acids is 1. The lowest BCUT2D eigenvalue weighted by molar-refractivity contribution is -0.125. The van der Waals surface area contributed by atoms with E-state index in [1.54, 1.807) is 12.1 Å². The molecule has 2 aromatic carbocycles. The van der Waals surface area contributed by atoms with Crippen molar-refractivity contribution < 1.29 is 4.79 Å². The summed E-state index contributed by atoms with van der Waals surface area (Å²) in [6.07, 6.45) is 5.38. The van der Waals surface area contributed by atoms with Gasteiger partial charge in [0, 0.05) is 22.2 Å². The topological polar surface area (TPSA) is 46.9 Å². The van der Waals surface area contributed by atoms with Gasteiger partial charge in [0.1, 0.15) is 0 Å². The number of anilines is 1. The fraction of sp³-hybridized carbons (Fsp3) is 0.200. The first-order valence-electron chi connectivity index (χ1n) is 8.36. The van der Waals surface area contributed by atoms with Crippen molar-refractivity contribution in [3.63, 3.8) is 0 Å². The van der Waals surface area contributed by atoms with Gasteiger partial charge in [-0.25, -0.2) is 4.98 Å². The number of nitrogens with one attached hydrogen (secondary N) is 1. The molecule has 0 saturated heterocycles. The number of nitrogens with zero attached hydrogens (tertiary/aromatic N) is 2. The van der Waals surface area contributed by atoms with Crippen LogP contribution >= 0.6 is 11.6 Å². The van der Waals surface area contributed by atoms with Gasteiger partial charge in [0.05, 0.1) is 23.8 Å². The highest BCUT2D eigenvalue weighted by molar-refractivity contribution is 6.30. The summed E-state index contributed by atoms with van der Waals surface area (Å²) in [7, 11) is 0. The summed E-state index contributed by atoms with van der Waals surface area (Å²) < 4.78 is 2.24. The zero-order chi connectivity index (χ0) is 17.0. The molecule has 1 amide bonds. The molecule has 1 saturated carbocycles. The SMILES string of the molecule is O=C(Nc1cccc(Cl)c1)C1CC2(C1)c1ccccc1-c1cncn12. The molecular formula is C20H16ClN3O. The lowest BCUT2D eigenvalue weighted by Crippen LogP contribution is -2.49. The summed E-state index contributed by atoms with van der Waals surface area (Å²) in [6, 6.07) is 15.7. The molecule has 0 bridgehead atoms. The third kappa shape index (κ3) is 2.07. The number of aromatic nitrogens is 2. The first-order chi connectivity index (χ1) is 12.2. The Morgan fingerprint density at radius 2 is 2.04 bits per heavy atom. The first kappa shape index (κ1) is 14.7. The van der Waals surface area contributed by atoms with Crippen molar-refractivity contribution in [2.24, 2.45) is 5.92 Å². The second kappa shape index (κ2) is 5.20. The Bertz CT molecular complexity index is 988. The number of hydrogen-bond donors (Lipinski definition) is 1. The van der Waals surface area contributed by atoms with Crippen LogP contribution in [0.4, 0.5) is 5.69 Å². The highest BCUT2D eigenvalue weighted by Crippen LogP contribution is 2.56. The maximum Gasteiger partial charge on any atom is 0.227 e. The first-order valence-corrected chi connectivity index (χ1v) is 8.74. The molecule has 25 heavy (non-hydrogen) atoms. The van der Waals surface area contributed by atoms with Crippen LogP contribution < -0.4 is 5.32 Å². The Morgan fingerprint density at radius 1 is 1.20 bits per heavy atom. The van der Waals surface area contributed by atoms with Crippen LogP contribution in [0.3, 0.4) is 0 Å². The lowest BCUT2D eigenvalue weighted by atomic mass is 9.64. The summed E-state index contributed by atoms with van der Waals surface area (Å²) in [4.78, 5) is 16.9. The average Bonchev–Trinajstić information content (AvgIpc) is 3.13. The highest BCUT2D eigenvalue weighted by Gasteiger charge is 2.54. The maximum absolute atomic E-state index is 12.6. The number of amides is 1. The molecule has 1 aliphatic carbocycles. The molecule has 1 fully saturated rings. The fourth-order valence-electron chi connectivity index (χ4n) is 4.25. The number of rotatable bonds is 2. The second-order valence-corrected chi connectivity index (χ2v) is 7.27. The summed E-state index contributed by atoms with van der Waals surface area (Å²) in [6.45, 7) is 0. The molecule has 2 heterocycles. The Kier molecular flexibility index (Phi) is 3.06. The van der Waals surface area contributed by atoms with Gasteiger partial charge in [0.2, 0.25) is 5.91 Å². The largest absolute Gasteiger partial charge is 0.326 e. The van der Waals surface area contributed by atoms with Crippen molar-refractivity contribution in [2.75, 3.05) is 5.32 Å². The molecule has 5 heteroatoms. The van der Waals surface area contributed by atoms with Gasteiger partial charge in [-0.05, 0) is 36.6 Å². The van der Waals surface area contributed by atoms with Crippen LogP contribution in [0.5, 0.6) is 0 Å². The van der Waals surface area contributed by atoms with E-state index in [1.807, 2.05) is 24.7 Å². The van der Waals surface area contributed by atoms with Gasteiger partial charge in [0.15, 0.2) is 0 Å². The van der Waals surface area contributed by atoms with Crippen LogP contribution in [0, 0.1) is 5.92 Å². The number of imidazole rings is 1. The molecule has 4 nitrogen and oxygen atoms in total. The smallest absolute Gasteiger partial charge is 0.227 e. The van der Waals surface area contributed by atoms with Crippen molar-refractivity contribution in [1.82, 2.24) is 9.55 Å². The summed E-state index contributed by atoms with van der Waals surface area (Å²) in [5, 5.41) is 3.61. The lowest BCUT2D eigenvalue weighted by Gasteiger charge is -2.46. The second-order valence-electron chi connectivity index (χ2n) is 6.83. The van der Waals surface area contributed by atoms with E-state index in [9.17, 15) is 4.79 Å². The fourth-order valence-corrected chi connectivity index (χ4v) is 4.44. The molecular weight excluding hydrogens is 334 g/mol. The third-order valence-electron chi connectivity index (χ3n) is 5.44. The minimum absolute atomic E-state index is 0.0135. The average molecular weight is 350 g/mol. The third-order valence-corrected chi connectivity index (χ3v) is 5.67. The molecule has 2 aliphatic rings. The van der Waals surface area contributed by atoms with Gasteiger partial charge in [-0.15, -0.1) is 0 Å². The van der Waals surface area contributed by atoms with Gasteiger partial charge in [-0.3, -0.25) is 4.79 Å². The van der Waals surface area contributed by atoms with Gasteiger partial charge in [-0.2, -0.15) is 0 Å². The number of benzene rings is 2. The van der Waals surface area contributed by atoms with Crippen LogP contribution in [0.1, 0.15) is 18.4 Å². The maximum atomic E-state index is 12.6. The van der Waals surface area contributed by atoms with E-state index in [4.69, 9.17) is 11.6 Å². The van der Waals surface area contributed by atoms with Gasteiger partial charge in [-0.1, -0.05) is 41.9 Å². The summed E-state index contributed by atoms with van der Waals surface area (Å²) >= 11 is 5.99. The predicted octanol–water partition coefficient (Wildman–Crippen LogP) is 4.31. The van der Waals surface area contributed by atoms with E-state index in [1.165, 1.54) is 11.1 Å². The molecule has 1 aromatic heterocycles. The normalized spacial score (nSPS) is 23.0. The van der Waals surface area contributed by atoms with Crippen LogP contribution in [0.25, 0.3) is 11.3 Å². The molecule has 124 valence electrons. The zero-order valence-corrected chi connectivity index (χ0v) is 14.2. The summed E-state index contributed by atoms with van der Waals surface area (Å²) in [5.41, 5.74) is 4.30. The predicted molar refractivity (Wildman–Crippen MR) is 97.5 cm³/mol. The van der Waals surface area contributed by atoms with E-state index >= 15 is 0 Å². The summed E-state index contributed by atoms with van der Waals surface area (Å²) in [5.74, 6) is 0.0410. The van der Waals surface area contributed by atoms with E-state index < -0.39 is 0 Å². The van der Waals surface area contributed by atoms with E-state index in [0.29, 0.717) is 5.02 Å². The van der Waals surface area contributed by atoms with E-state index in [-0.39, 0.29) is 17.4 Å². The monoisotopic (exact) mass is 349 g/mol. The Labute approximate surface area is 150 Å². The minimum atomic E-state index is -0.126. The van der Waals surface area contributed by atoms with Crippen molar-refractivity contribution in [1.29, 1.82) is 0 Å². The molecule has 3 aromatic rings. The highest BCUT2D eigenvalue weighted by atomic mass is 35.5. The van der Waals surface area contributed by atoms with Gasteiger partial charge >= 0.3 is 0 Å². The molecule has 1 N–H and O–H groups in total. The molecule has 0 radical (unpaired) electrons. The standard InChI is InChI=1S/C20H16ClN3O/c21-14-4-3-5-15(8-14)23-19(25)13-9-20(10-13)17-7-2-1-6-16(17)18-11-22-12-24(18)20/h1-8,11-13H,9-10H2,(H,23,25). The molecule has 0 atom stereocenters. The van der Waals surface area contributed by atoms with Crippen LogP contribution in [-0.2, 0) is 10.3 Å². The van der Waals surface area contributed by atoms with Crippen molar-refractivity contribution in [3.8, 4) is 11.3 Å². The van der Waals surface area contributed by atoms with Crippen molar-refractivity contribution in [3.05, 3.63) is 71.6 Å². The van der Waals surface area contributed by atoms with E-state index in [2.05, 4.69) is 39.1 Å². The van der Waals surface area contributed by atoms with Crippen LogP contribution in [-0.4, -0.2) is 15.5 Å². The number of carbonyl (C=O) groups is 1. The Hall–Kier alpha value is -2.59. The molecule has 1 aliphatic heterocycles. The Balaban J connectivity index is 1.40. The zero-order valence-electron chi connectivity index (χ0n) is 13.4. The minimum Gasteiger partial charge on any atom is -0.326 e. The van der Waals surface area contributed by atoms with Gasteiger partial charge in [0.25, 0.3) is 0 Å². The quantitative estimate of drug-likeness (QED) is 0.749. The van der Waals surface area contributed by atoms with Gasteiger partial charge < -0.3 is 9.88 Å². The van der Waals surface area contributed by atoms with Crippen LogP contribution in [0.2, 0.25) is 5.02 Å².